The average Bonchev–Trinajstić information content (AvgIpc) is 3.43. The quantitative estimate of drug-likeness (QED) is 0.511. The van der Waals surface area contributed by atoms with Crippen molar-refractivity contribution < 1.29 is 9.53 Å². The SMILES string of the molecule is Cc1c(-c2ccnc3cc(C(=O)N(C)Cc4ccc5c(c4)CC(C)O5)nn23)cnn1C. The number of amides is 1. The van der Waals surface area contributed by atoms with Gasteiger partial charge in [-0.2, -0.15) is 10.2 Å². The second-order valence-electron chi connectivity index (χ2n) is 8.13. The molecular formula is C23H24N6O2. The first-order valence-corrected chi connectivity index (χ1v) is 10.3. The molecule has 0 saturated carbocycles. The van der Waals surface area contributed by atoms with Gasteiger partial charge in [0.2, 0.25) is 0 Å². The van der Waals surface area contributed by atoms with Crippen LogP contribution in [0.2, 0.25) is 0 Å². The molecule has 5 rings (SSSR count). The molecule has 31 heavy (non-hydrogen) atoms. The maximum atomic E-state index is 13.1. The van der Waals surface area contributed by atoms with Gasteiger partial charge in [-0.15, -0.1) is 0 Å². The largest absolute Gasteiger partial charge is 0.490 e. The summed E-state index contributed by atoms with van der Waals surface area (Å²) in [5.74, 6) is 0.791. The lowest BCUT2D eigenvalue weighted by molar-refractivity contribution is 0.0779. The van der Waals surface area contributed by atoms with Gasteiger partial charge in [0, 0.05) is 50.6 Å². The molecule has 0 spiro atoms. The van der Waals surface area contributed by atoms with Gasteiger partial charge in [0.05, 0.1) is 11.9 Å². The molecule has 1 aliphatic rings. The van der Waals surface area contributed by atoms with E-state index in [1.807, 2.05) is 36.9 Å². The van der Waals surface area contributed by atoms with Crippen LogP contribution in [0.4, 0.5) is 0 Å². The van der Waals surface area contributed by atoms with Crippen LogP contribution in [-0.4, -0.2) is 48.3 Å². The predicted octanol–water partition coefficient (Wildman–Crippen LogP) is 3.03. The highest BCUT2D eigenvalue weighted by Crippen LogP contribution is 2.30. The summed E-state index contributed by atoms with van der Waals surface area (Å²) >= 11 is 0. The molecule has 0 N–H and O–H groups in total. The number of carbonyl (C=O) groups is 1. The van der Waals surface area contributed by atoms with Gasteiger partial charge in [0.25, 0.3) is 5.91 Å². The normalized spacial score (nSPS) is 15.2. The van der Waals surface area contributed by atoms with Gasteiger partial charge in [0.1, 0.15) is 11.9 Å². The second-order valence-corrected chi connectivity index (χ2v) is 8.13. The molecule has 1 atom stereocenters. The molecule has 1 unspecified atom stereocenters. The van der Waals surface area contributed by atoms with Crippen molar-refractivity contribution in [1.82, 2.24) is 29.3 Å². The smallest absolute Gasteiger partial charge is 0.274 e. The van der Waals surface area contributed by atoms with Gasteiger partial charge >= 0.3 is 0 Å². The van der Waals surface area contributed by atoms with Gasteiger partial charge in [-0.05, 0) is 37.1 Å². The van der Waals surface area contributed by atoms with E-state index in [9.17, 15) is 4.79 Å². The highest BCUT2D eigenvalue weighted by Gasteiger charge is 2.21. The van der Waals surface area contributed by atoms with E-state index in [2.05, 4.69) is 28.2 Å². The number of hydrogen-bond acceptors (Lipinski definition) is 5. The first kappa shape index (κ1) is 19.3. The molecule has 0 aliphatic carbocycles. The van der Waals surface area contributed by atoms with Crippen LogP contribution in [0, 0.1) is 6.92 Å². The lowest BCUT2D eigenvalue weighted by Gasteiger charge is -2.16. The number of nitrogens with zero attached hydrogens (tertiary/aromatic N) is 6. The van der Waals surface area contributed by atoms with Crippen molar-refractivity contribution in [3.05, 3.63) is 65.2 Å². The van der Waals surface area contributed by atoms with Crippen LogP contribution in [0.15, 0.2) is 42.7 Å². The van der Waals surface area contributed by atoms with E-state index in [0.29, 0.717) is 17.9 Å². The second kappa shape index (κ2) is 7.23. The standard InChI is InChI=1S/C23H24N6O2/c1-14-9-17-10-16(5-6-21(17)31-14)13-27(3)23(30)19-11-22-24-8-7-20(29(22)26-19)18-12-25-28(4)15(18)2/h5-8,10-12,14H,9,13H2,1-4H3. The Morgan fingerprint density at radius 1 is 1.29 bits per heavy atom. The third kappa shape index (κ3) is 3.34. The molecule has 8 nitrogen and oxygen atoms in total. The van der Waals surface area contributed by atoms with E-state index in [0.717, 1.165) is 34.7 Å². The van der Waals surface area contributed by atoms with Crippen molar-refractivity contribution in [2.45, 2.75) is 32.9 Å². The number of benzene rings is 1. The number of fused-ring (bicyclic) bond motifs is 2. The van der Waals surface area contributed by atoms with Crippen LogP contribution in [0.1, 0.15) is 34.2 Å². The molecule has 1 aromatic carbocycles. The van der Waals surface area contributed by atoms with Crippen LogP contribution >= 0.6 is 0 Å². The summed E-state index contributed by atoms with van der Waals surface area (Å²) in [6.07, 6.45) is 4.63. The molecule has 8 heteroatoms. The van der Waals surface area contributed by atoms with Crippen LogP contribution < -0.4 is 4.74 Å². The molecule has 4 heterocycles. The summed E-state index contributed by atoms with van der Waals surface area (Å²) in [6.45, 7) is 4.56. The lowest BCUT2D eigenvalue weighted by Crippen LogP contribution is -2.26. The van der Waals surface area contributed by atoms with E-state index in [1.54, 1.807) is 34.9 Å². The first-order valence-electron chi connectivity index (χ1n) is 10.3. The molecule has 4 aromatic rings. The highest BCUT2D eigenvalue weighted by atomic mass is 16.5. The fourth-order valence-corrected chi connectivity index (χ4v) is 4.07. The molecule has 0 bridgehead atoms. The van der Waals surface area contributed by atoms with E-state index in [1.165, 1.54) is 5.56 Å². The third-order valence-corrected chi connectivity index (χ3v) is 5.82. The van der Waals surface area contributed by atoms with Crippen molar-refractivity contribution >= 4 is 11.6 Å². The van der Waals surface area contributed by atoms with Gasteiger partial charge in [-0.25, -0.2) is 9.50 Å². The monoisotopic (exact) mass is 416 g/mol. The minimum atomic E-state index is -0.149. The van der Waals surface area contributed by atoms with Crippen LogP contribution in [0.3, 0.4) is 0 Å². The molecule has 0 radical (unpaired) electrons. The van der Waals surface area contributed by atoms with Crippen molar-refractivity contribution in [1.29, 1.82) is 0 Å². The summed E-state index contributed by atoms with van der Waals surface area (Å²) < 4.78 is 9.29. The lowest BCUT2D eigenvalue weighted by atomic mass is 10.1. The van der Waals surface area contributed by atoms with Crippen LogP contribution in [-0.2, 0) is 20.0 Å². The Morgan fingerprint density at radius 3 is 2.90 bits per heavy atom. The summed E-state index contributed by atoms with van der Waals surface area (Å²) in [5, 5.41) is 8.89. The highest BCUT2D eigenvalue weighted by molar-refractivity contribution is 5.93. The number of ether oxygens (including phenoxy) is 1. The summed E-state index contributed by atoms with van der Waals surface area (Å²) in [6, 6.07) is 9.73. The molecule has 0 fully saturated rings. The average molecular weight is 416 g/mol. The number of hydrogen-bond donors (Lipinski definition) is 0. The summed E-state index contributed by atoms with van der Waals surface area (Å²) in [4.78, 5) is 19.2. The predicted molar refractivity (Wildman–Crippen MR) is 116 cm³/mol. The molecule has 1 aliphatic heterocycles. The first-order chi connectivity index (χ1) is 14.9. The molecule has 3 aromatic heterocycles. The Balaban J connectivity index is 1.42. The Kier molecular flexibility index (Phi) is 4.50. The Morgan fingerprint density at radius 2 is 2.13 bits per heavy atom. The fraction of sp³-hybridized carbons (Fsp3) is 0.304. The minimum absolute atomic E-state index is 0.149. The molecule has 1 amide bonds. The zero-order valence-electron chi connectivity index (χ0n) is 18.0. The molecule has 158 valence electrons. The minimum Gasteiger partial charge on any atom is -0.490 e. The van der Waals surface area contributed by atoms with Crippen molar-refractivity contribution in [2.75, 3.05) is 7.05 Å². The Labute approximate surface area is 180 Å². The van der Waals surface area contributed by atoms with Gasteiger partial charge in [0.15, 0.2) is 11.3 Å². The third-order valence-electron chi connectivity index (χ3n) is 5.82. The zero-order chi connectivity index (χ0) is 21.7. The number of carbonyl (C=O) groups excluding carboxylic acids is 1. The van der Waals surface area contributed by atoms with Crippen molar-refractivity contribution in [2.24, 2.45) is 7.05 Å². The van der Waals surface area contributed by atoms with E-state index in [4.69, 9.17) is 4.74 Å². The number of aromatic nitrogens is 5. The van der Waals surface area contributed by atoms with Gasteiger partial charge < -0.3 is 9.64 Å². The van der Waals surface area contributed by atoms with E-state index in [-0.39, 0.29) is 12.0 Å². The molecular weight excluding hydrogens is 392 g/mol. The van der Waals surface area contributed by atoms with E-state index < -0.39 is 0 Å². The zero-order valence-corrected chi connectivity index (χ0v) is 18.0. The fourth-order valence-electron chi connectivity index (χ4n) is 4.07. The topological polar surface area (TPSA) is 77.6 Å². The van der Waals surface area contributed by atoms with Crippen molar-refractivity contribution in [3.8, 4) is 17.0 Å². The van der Waals surface area contributed by atoms with Crippen LogP contribution in [0.25, 0.3) is 16.9 Å². The summed E-state index contributed by atoms with van der Waals surface area (Å²) in [7, 11) is 3.69. The molecule has 0 saturated heterocycles. The van der Waals surface area contributed by atoms with Gasteiger partial charge in [-0.1, -0.05) is 12.1 Å². The van der Waals surface area contributed by atoms with Crippen LogP contribution in [0.5, 0.6) is 5.75 Å². The summed E-state index contributed by atoms with van der Waals surface area (Å²) in [5.41, 5.74) is 6.08. The Bertz CT molecular complexity index is 1300. The van der Waals surface area contributed by atoms with Crippen molar-refractivity contribution in [3.63, 3.8) is 0 Å². The Hall–Kier alpha value is -3.68. The van der Waals surface area contributed by atoms with E-state index >= 15 is 0 Å². The maximum absolute atomic E-state index is 13.1. The number of aryl methyl sites for hydroxylation is 1. The van der Waals surface area contributed by atoms with Gasteiger partial charge in [-0.3, -0.25) is 9.48 Å². The number of rotatable bonds is 4. The maximum Gasteiger partial charge on any atom is 0.274 e.